The first-order valence-corrected chi connectivity index (χ1v) is 9.47. The topological polar surface area (TPSA) is 42.7 Å². The van der Waals surface area contributed by atoms with Crippen molar-refractivity contribution in [3.63, 3.8) is 0 Å². The van der Waals surface area contributed by atoms with E-state index in [-0.39, 0.29) is 6.04 Å². The summed E-state index contributed by atoms with van der Waals surface area (Å²) in [6, 6.07) is 28.2. The smallest absolute Gasteiger partial charge is 0.227 e. The fraction of sp³-hybridized carbons (Fsp3) is 0.0435. The van der Waals surface area contributed by atoms with Crippen molar-refractivity contribution in [2.24, 2.45) is 0 Å². The third-order valence-electron chi connectivity index (χ3n) is 4.79. The fourth-order valence-corrected chi connectivity index (χ4v) is 3.51. The predicted molar refractivity (Wildman–Crippen MR) is 113 cm³/mol. The minimum Gasteiger partial charge on any atom is -0.324 e. The molecule has 5 heteroatoms. The van der Waals surface area contributed by atoms with Crippen LogP contribution in [0.15, 0.2) is 91.0 Å². The van der Waals surface area contributed by atoms with E-state index in [2.05, 4.69) is 35.7 Å². The molecule has 1 aromatic heterocycles. The minimum absolute atomic E-state index is 0.0405. The van der Waals surface area contributed by atoms with Crippen molar-refractivity contribution < 1.29 is 0 Å². The van der Waals surface area contributed by atoms with Gasteiger partial charge in [-0.1, -0.05) is 72.3 Å². The van der Waals surface area contributed by atoms with Gasteiger partial charge in [0.2, 0.25) is 5.95 Å². The lowest BCUT2D eigenvalue weighted by atomic mass is 10.0. The van der Waals surface area contributed by atoms with Gasteiger partial charge in [-0.25, -0.2) is 4.68 Å². The molecule has 0 saturated heterocycles. The normalized spacial score (nSPS) is 15.5. The highest BCUT2D eigenvalue weighted by Crippen LogP contribution is 2.34. The highest BCUT2D eigenvalue weighted by atomic mass is 35.5. The second-order valence-electron chi connectivity index (χ2n) is 6.64. The van der Waals surface area contributed by atoms with Crippen LogP contribution in [0, 0.1) is 0 Å². The van der Waals surface area contributed by atoms with E-state index in [1.165, 1.54) is 0 Å². The molecular weight excluding hydrogens is 368 g/mol. The summed E-state index contributed by atoms with van der Waals surface area (Å²) in [6.45, 7) is 0. The van der Waals surface area contributed by atoms with E-state index >= 15 is 0 Å². The van der Waals surface area contributed by atoms with Gasteiger partial charge in [-0.3, -0.25) is 0 Å². The Bertz CT molecular complexity index is 1130. The van der Waals surface area contributed by atoms with Crippen molar-refractivity contribution in [1.29, 1.82) is 0 Å². The van der Waals surface area contributed by atoms with Crippen LogP contribution in [0.25, 0.3) is 17.1 Å². The Morgan fingerprint density at radius 3 is 2.18 bits per heavy atom. The van der Waals surface area contributed by atoms with Crippen LogP contribution < -0.4 is 5.32 Å². The van der Waals surface area contributed by atoms with E-state index in [1.54, 1.807) is 0 Å². The molecule has 0 fully saturated rings. The van der Waals surface area contributed by atoms with Gasteiger partial charge in [0.15, 0.2) is 5.82 Å². The van der Waals surface area contributed by atoms with Crippen LogP contribution in [0.2, 0.25) is 5.02 Å². The van der Waals surface area contributed by atoms with Crippen LogP contribution in [-0.4, -0.2) is 14.8 Å². The van der Waals surface area contributed by atoms with Gasteiger partial charge < -0.3 is 5.32 Å². The van der Waals surface area contributed by atoms with Crippen LogP contribution in [-0.2, 0) is 0 Å². The molecule has 0 unspecified atom stereocenters. The van der Waals surface area contributed by atoms with Crippen LogP contribution in [0.4, 0.5) is 5.95 Å². The lowest BCUT2D eigenvalue weighted by molar-refractivity contribution is 0.613. The number of benzene rings is 3. The average Bonchev–Trinajstić information content (AvgIpc) is 3.19. The molecule has 1 N–H and O–H groups in total. The first kappa shape index (κ1) is 16.8. The number of nitrogens with zero attached hydrogens (tertiary/aromatic N) is 3. The van der Waals surface area contributed by atoms with Crippen molar-refractivity contribution in [2.75, 3.05) is 5.32 Å². The Kier molecular flexibility index (Phi) is 4.18. The quantitative estimate of drug-likeness (QED) is 0.496. The summed E-state index contributed by atoms with van der Waals surface area (Å²) in [5, 5.41) is 8.93. The summed E-state index contributed by atoms with van der Waals surface area (Å²) in [5.41, 5.74) is 4.23. The van der Waals surface area contributed by atoms with Crippen LogP contribution in [0.5, 0.6) is 0 Å². The Labute approximate surface area is 168 Å². The van der Waals surface area contributed by atoms with Gasteiger partial charge in [-0.2, -0.15) is 4.98 Å². The largest absolute Gasteiger partial charge is 0.324 e. The molecule has 3 aromatic carbocycles. The van der Waals surface area contributed by atoms with E-state index in [9.17, 15) is 0 Å². The predicted octanol–water partition coefficient (Wildman–Crippen LogP) is 5.65. The van der Waals surface area contributed by atoms with Crippen molar-refractivity contribution in [2.45, 2.75) is 6.04 Å². The van der Waals surface area contributed by atoms with E-state index in [0.29, 0.717) is 10.8 Å². The maximum Gasteiger partial charge on any atom is 0.227 e. The highest BCUT2D eigenvalue weighted by molar-refractivity contribution is 6.30. The molecule has 0 amide bonds. The molecule has 4 aromatic rings. The summed E-state index contributed by atoms with van der Waals surface area (Å²) < 4.78 is 1.94. The first-order chi connectivity index (χ1) is 13.8. The number of hydrogen-bond acceptors (Lipinski definition) is 3. The molecule has 28 heavy (non-hydrogen) atoms. The molecule has 4 nitrogen and oxygen atoms in total. The van der Waals surface area contributed by atoms with Gasteiger partial charge in [0.25, 0.3) is 0 Å². The zero-order valence-electron chi connectivity index (χ0n) is 15.0. The number of halogens is 1. The summed E-state index contributed by atoms with van der Waals surface area (Å²) >= 11 is 6.02. The zero-order chi connectivity index (χ0) is 18.9. The van der Waals surface area contributed by atoms with Gasteiger partial charge in [-0.05, 0) is 41.5 Å². The Morgan fingerprint density at radius 1 is 0.786 bits per heavy atom. The van der Waals surface area contributed by atoms with E-state index in [1.807, 2.05) is 65.3 Å². The standard InChI is InChI=1S/C23H17ClN4/c24-19-13-11-18(12-14-19)22-26-23-25-20(16-7-3-1-4-8-16)15-21(28(23)27-22)17-9-5-2-6-10-17/h1-15,21H,(H,25,26,27)/t21-/m1/s1. The summed E-state index contributed by atoms with van der Waals surface area (Å²) in [4.78, 5) is 4.76. The second-order valence-corrected chi connectivity index (χ2v) is 7.07. The lowest BCUT2D eigenvalue weighted by Crippen LogP contribution is -2.20. The molecule has 1 aliphatic rings. The fourth-order valence-electron chi connectivity index (χ4n) is 3.39. The van der Waals surface area contributed by atoms with Crippen LogP contribution in [0.1, 0.15) is 17.2 Å². The van der Waals surface area contributed by atoms with E-state index < -0.39 is 0 Å². The van der Waals surface area contributed by atoms with E-state index in [4.69, 9.17) is 21.7 Å². The number of rotatable bonds is 3. The van der Waals surface area contributed by atoms with Gasteiger partial charge in [0.05, 0.1) is 0 Å². The van der Waals surface area contributed by atoms with Gasteiger partial charge >= 0.3 is 0 Å². The Morgan fingerprint density at radius 2 is 1.46 bits per heavy atom. The van der Waals surface area contributed by atoms with Gasteiger partial charge in [0, 0.05) is 16.3 Å². The number of hydrogen-bond donors (Lipinski definition) is 1. The molecule has 5 rings (SSSR count). The van der Waals surface area contributed by atoms with Crippen molar-refractivity contribution in [3.8, 4) is 11.4 Å². The number of allylic oxidation sites excluding steroid dienone is 1. The second kappa shape index (κ2) is 6.98. The molecular formula is C23H17ClN4. The number of nitrogens with one attached hydrogen (secondary N) is 1. The number of anilines is 1. The van der Waals surface area contributed by atoms with Crippen LogP contribution in [0.3, 0.4) is 0 Å². The summed E-state index contributed by atoms with van der Waals surface area (Å²) in [5.74, 6) is 1.39. The molecule has 0 aliphatic carbocycles. The average molecular weight is 385 g/mol. The summed E-state index contributed by atoms with van der Waals surface area (Å²) in [6.07, 6.45) is 2.19. The van der Waals surface area contributed by atoms with E-state index in [0.717, 1.165) is 28.3 Å². The Hall–Kier alpha value is -3.37. The molecule has 0 bridgehead atoms. The minimum atomic E-state index is -0.0405. The van der Waals surface area contributed by atoms with Crippen molar-refractivity contribution >= 4 is 23.2 Å². The van der Waals surface area contributed by atoms with Gasteiger partial charge in [-0.15, -0.1) is 5.10 Å². The van der Waals surface area contributed by atoms with Crippen LogP contribution >= 0.6 is 11.6 Å². The number of fused-ring (bicyclic) bond motifs is 1. The molecule has 1 aliphatic heterocycles. The molecule has 2 heterocycles. The van der Waals surface area contributed by atoms with Crippen molar-refractivity contribution in [1.82, 2.24) is 14.8 Å². The molecule has 1 atom stereocenters. The number of aromatic nitrogens is 3. The monoisotopic (exact) mass is 384 g/mol. The summed E-state index contributed by atoms with van der Waals surface area (Å²) in [7, 11) is 0. The maximum atomic E-state index is 6.02. The third-order valence-corrected chi connectivity index (χ3v) is 5.05. The lowest BCUT2D eigenvalue weighted by Gasteiger charge is -2.24. The molecule has 0 saturated carbocycles. The molecule has 0 spiro atoms. The first-order valence-electron chi connectivity index (χ1n) is 9.10. The third kappa shape index (κ3) is 3.08. The van der Waals surface area contributed by atoms with Gasteiger partial charge in [0.1, 0.15) is 6.04 Å². The Balaban J connectivity index is 1.62. The highest BCUT2D eigenvalue weighted by Gasteiger charge is 2.25. The molecule has 136 valence electrons. The maximum absolute atomic E-state index is 6.02. The zero-order valence-corrected chi connectivity index (χ0v) is 15.7. The SMILES string of the molecule is Clc1ccc(-c2nc3n(n2)[C@@H](c2ccccc2)C=C(c2ccccc2)N3)cc1. The molecule has 0 radical (unpaired) electrons. The van der Waals surface area contributed by atoms with Crippen molar-refractivity contribution in [3.05, 3.63) is 107 Å².